The number of esters is 1. The largest absolute Gasteiger partial charge is 0.462 e. The third kappa shape index (κ3) is 4.95. The van der Waals surface area contributed by atoms with E-state index in [4.69, 9.17) is 4.74 Å². The number of carbonyl (C=O) groups is 2. The van der Waals surface area contributed by atoms with Crippen LogP contribution >= 0.6 is 0 Å². The Morgan fingerprint density at radius 1 is 1.04 bits per heavy atom. The van der Waals surface area contributed by atoms with Gasteiger partial charge in [-0.3, -0.25) is 9.69 Å². The Morgan fingerprint density at radius 3 is 2.33 bits per heavy atom. The van der Waals surface area contributed by atoms with Crippen molar-refractivity contribution in [2.24, 2.45) is 0 Å². The van der Waals surface area contributed by atoms with E-state index in [0.29, 0.717) is 17.9 Å². The van der Waals surface area contributed by atoms with Crippen LogP contribution in [-0.4, -0.2) is 36.5 Å². The second-order valence-electron chi connectivity index (χ2n) is 6.76. The molecule has 1 saturated heterocycles. The Labute approximate surface area is 160 Å². The molecule has 1 fully saturated rings. The molecule has 1 aliphatic rings. The van der Waals surface area contributed by atoms with Crippen LogP contribution in [0.5, 0.6) is 0 Å². The molecule has 1 unspecified atom stereocenters. The fourth-order valence-corrected chi connectivity index (χ4v) is 3.34. The van der Waals surface area contributed by atoms with Crippen LogP contribution in [0.15, 0.2) is 54.6 Å². The van der Waals surface area contributed by atoms with Crippen molar-refractivity contribution in [3.63, 3.8) is 0 Å². The van der Waals surface area contributed by atoms with Crippen molar-refractivity contribution in [3.05, 3.63) is 65.7 Å². The second-order valence-corrected chi connectivity index (χ2v) is 6.76. The first-order valence-corrected chi connectivity index (χ1v) is 9.56. The van der Waals surface area contributed by atoms with Crippen LogP contribution in [0.4, 0.5) is 5.69 Å². The van der Waals surface area contributed by atoms with Gasteiger partial charge in [0, 0.05) is 5.69 Å². The summed E-state index contributed by atoms with van der Waals surface area (Å²) in [5.41, 5.74) is 2.16. The topological polar surface area (TPSA) is 58.6 Å². The maximum atomic E-state index is 13.0. The molecule has 2 aromatic carbocycles. The Balaban J connectivity index is 1.71. The summed E-state index contributed by atoms with van der Waals surface area (Å²) in [6.07, 6.45) is 3.02. The van der Waals surface area contributed by atoms with Gasteiger partial charge in [-0.25, -0.2) is 4.79 Å². The zero-order valence-corrected chi connectivity index (χ0v) is 15.7. The smallest absolute Gasteiger partial charge is 0.338 e. The van der Waals surface area contributed by atoms with Crippen molar-refractivity contribution >= 4 is 17.6 Å². The molecule has 27 heavy (non-hydrogen) atoms. The van der Waals surface area contributed by atoms with Gasteiger partial charge >= 0.3 is 5.97 Å². The lowest BCUT2D eigenvalue weighted by Gasteiger charge is -2.27. The number of ether oxygens (including phenoxy) is 1. The molecule has 5 heteroatoms. The Hall–Kier alpha value is -2.66. The minimum atomic E-state index is -0.339. The summed E-state index contributed by atoms with van der Waals surface area (Å²) in [5, 5.41) is 2.99. The minimum absolute atomic E-state index is 0.0515. The average Bonchev–Trinajstić information content (AvgIpc) is 3.22. The van der Waals surface area contributed by atoms with Gasteiger partial charge in [-0.05, 0) is 62.2 Å². The zero-order chi connectivity index (χ0) is 19.1. The van der Waals surface area contributed by atoms with Gasteiger partial charge in [-0.15, -0.1) is 0 Å². The van der Waals surface area contributed by atoms with Crippen molar-refractivity contribution in [3.8, 4) is 0 Å². The van der Waals surface area contributed by atoms with Crippen molar-refractivity contribution in [1.82, 2.24) is 4.90 Å². The Bertz CT molecular complexity index is 753. The first-order valence-electron chi connectivity index (χ1n) is 9.56. The SMILES string of the molecule is CCCOC(=O)c1ccc(NC(=O)C(c2ccccc2)N2CCCC2)cc1. The van der Waals surface area contributed by atoms with E-state index in [-0.39, 0.29) is 17.9 Å². The van der Waals surface area contributed by atoms with Gasteiger partial charge in [0.25, 0.3) is 0 Å². The molecule has 2 aromatic rings. The van der Waals surface area contributed by atoms with E-state index in [1.54, 1.807) is 24.3 Å². The molecule has 1 amide bonds. The molecule has 1 heterocycles. The normalized spacial score (nSPS) is 15.3. The van der Waals surface area contributed by atoms with E-state index in [2.05, 4.69) is 10.2 Å². The number of hydrogen-bond acceptors (Lipinski definition) is 4. The summed E-state index contributed by atoms with van der Waals surface area (Å²) < 4.78 is 5.13. The molecule has 1 N–H and O–H groups in total. The number of amides is 1. The molecule has 0 aliphatic carbocycles. The van der Waals surface area contributed by atoms with E-state index in [9.17, 15) is 9.59 Å². The van der Waals surface area contributed by atoms with Crippen LogP contribution < -0.4 is 5.32 Å². The number of hydrogen-bond donors (Lipinski definition) is 1. The van der Waals surface area contributed by atoms with Gasteiger partial charge in [-0.2, -0.15) is 0 Å². The average molecular weight is 366 g/mol. The van der Waals surface area contributed by atoms with E-state index < -0.39 is 0 Å². The Kier molecular flexibility index (Phi) is 6.60. The zero-order valence-electron chi connectivity index (χ0n) is 15.7. The van der Waals surface area contributed by atoms with Crippen LogP contribution in [0.2, 0.25) is 0 Å². The molecule has 1 atom stereocenters. The van der Waals surface area contributed by atoms with E-state index in [1.807, 2.05) is 37.3 Å². The number of nitrogens with one attached hydrogen (secondary N) is 1. The highest BCUT2D eigenvalue weighted by Gasteiger charge is 2.29. The third-order valence-electron chi connectivity index (χ3n) is 4.69. The standard InChI is InChI=1S/C22H26N2O3/c1-2-16-27-22(26)18-10-12-19(13-11-18)23-21(25)20(24-14-6-7-15-24)17-8-4-3-5-9-17/h3-5,8-13,20H,2,6-7,14-16H2,1H3,(H,23,25). The molecule has 0 radical (unpaired) electrons. The fraction of sp³-hybridized carbons (Fsp3) is 0.364. The molecule has 0 spiro atoms. The van der Waals surface area contributed by atoms with Crippen LogP contribution in [0.3, 0.4) is 0 Å². The van der Waals surface area contributed by atoms with Gasteiger partial charge in [0.05, 0.1) is 12.2 Å². The maximum absolute atomic E-state index is 13.0. The molecule has 0 bridgehead atoms. The highest BCUT2D eigenvalue weighted by atomic mass is 16.5. The van der Waals surface area contributed by atoms with Crippen molar-refractivity contribution < 1.29 is 14.3 Å². The highest BCUT2D eigenvalue weighted by Crippen LogP contribution is 2.26. The van der Waals surface area contributed by atoms with Crippen LogP contribution in [0, 0.1) is 0 Å². The molecule has 0 aromatic heterocycles. The van der Waals surface area contributed by atoms with Crippen LogP contribution in [0.25, 0.3) is 0 Å². The van der Waals surface area contributed by atoms with Crippen molar-refractivity contribution in [1.29, 1.82) is 0 Å². The number of benzene rings is 2. The molecule has 1 aliphatic heterocycles. The summed E-state index contributed by atoms with van der Waals surface area (Å²) in [4.78, 5) is 27.1. The third-order valence-corrected chi connectivity index (χ3v) is 4.69. The number of rotatable bonds is 7. The summed E-state index contributed by atoms with van der Waals surface area (Å²) in [5.74, 6) is -0.390. The van der Waals surface area contributed by atoms with Gasteiger partial charge < -0.3 is 10.1 Å². The lowest BCUT2D eigenvalue weighted by atomic mass is 10.0. The van der Waals surface area contributed by atoms with E-state index >= 15 is 0 Å². The van der Waals surface area contributed by atoms with E-state index in [0.717, 1.165) is 37.9 Å². The molecule has 0 saturated carbocycles. The first-order chi connectivity index (χ1) is 13.2. The summed E-state index contributed by atoms with van der Waals surface area (Å²) in [6.45, 7) is 4.21. The van der Waals surface area contributed by atoms with Crippen molar-refractivity contribution in [2.75, 3.05) is 25.0 Å². The summed E-state index contributed by atoms with van der Waals surface area (Å²) in [6, 6.07) is 16.4. The molecule has 5 nitrogen and oxygen atoms in total. The maximum Gasteiger partial charge on any atom is 0.338 e. The lowest BCUT2D eigenvalue weighted by Crippen LogP contribution is -2.35. The quantitative estimate of drug-likeness (QED) is 0.752. The van der Waals surface area contributed by atoms with Gasteiger partial charge in [0.15, 0.2) is 0 Å². The van der Waals surface area contributed by atoms with Crippen molar-refractivity contribution in [2.45, 2.75) is 32.2 Å². The number of nitrogens with zero attached hydrogens (tertiary/aromatic N) is 1. The molecular formula is C22H26N2O3. The molecule has 3 rings (SSSR count). The molecular weight excluding hydrogens is 340 g/mol. The highest BCUT2D eigenvalue weighted by molar-refractivity contribution is 5.96. The number of anilines is 1. The number of carbonyl (C=O) groups excluding carboxylic acids is 2. The molecule has 142 valence electrons. The van der Waals surface area contributed by atoms with Crippen LogP contribution in [-0.2, 0) is 9.53 Å². The minimum Gasteiger partial charge on any atom is -0.462 e. The second kappa shape index (κ2) is 9.33. The van der Waals surface area contributed by atoms with E-state index in [1.165, 1.54) is 0 Å². The summed E-state index contributed by atoms with van der Waals surface area (Å²) >= 11 is 0. The van der Waals surface area contributed by atoms with Gasteiger partial charge in [0.2, 0.25) is 5.91 Å². The fourth-order valence-electron chi connectivity index (χ4n) is 3.34. The Morgan fingerprint density at radius 2 is 1.70 bits per heavy atom. The first kappa shape index (κ1) is 19.1. The van der Waals surface area contributed by atoms with Crippen LogP contribution in [0.1, 0.15) is 48.1 Å². The summed E-state index contributed by atoms with van der Waals surface area (Å²) in [7, 11) is 0. The predicted octanol–water partition coefficient (Wildman–Crippen LogP) is 4.03. The van der Waals surface area contributed by atoms with Gasteiger partial charge in [-0.1, -0.05) is 37.3 Å². The van der Waals surface area contributed by atoms with Gasteiger partial charge in [0.1, 0.15) is 6.04 Å². The predicted molar refractivity (Wildman–Crippen MR) is 106 cm³/mol. The monoisotopic (exact) mass is 366 g/mol. The lowest BCUT2D eigenvalue weighted by molar-refractivity contribution is -0.121. The number of likely N-dealkylation sites (tertiary alicyclic amines) is 1.